The summed E-state index contributed by atoms with van der Waals surface area (Å²) in [6, 6.07) is 9.52. The minimum absolute atomic E-state index is 0.113. The van der Waals surface area contributed by atoms with Crippen LogP contribution in [0.2, 0.25) is 0 Å². The lowest BCUT2D eigenvalue weighted by Crippen LogP contribution is -2.49. The van der Waals surface area contributed by atoms with Gasteiger partial charge in [0.05, 0.1) is 5.56 Å². The van der Waals surface area contributed by atoms with Crippen molar-refractivity contribution < 1.29 is 22.8 Å². The van der Waals surface area contributed by atoms with E-state index < -0.39 is 29.7 Å². The average molecular weight is 443 g/mol. The van der Waals surface area contributed by atoms with Crippen LogP contribution in [0.15, 0.2) is 54.7 Å². The van der Waals surface area contributed by atoms with Crippen LogP contribution in [0.1, 0.15) is 18.1 Å². The zero-order valence-corrected chi connectivity index (χ0v) is 17.0. The number of carbonyl (C=O) groups is 2. The molecule has 0 spiro atoms. The number of anilines is 1. The van der Waals surface area contributed by atoms with Crippen LogP contribution in [-0.2, 0) is 17.4 Å². The zero-order chi connectivity index (χ0) is 23.3. The van der Waals surface area contributed by atoms with Crippen LogP contribution in [0.3, 0.4) is 0 Å². The molecule has 0 saturated heterocycles. The number of fused-ring (bicyclic) bond motifs is 1. The summed E-state index contributed by atoms with van der Waals surface area (Å²) in [4.78, 5) is 29.3. The summed E-state index contributed by atoms with van der Waals surface area (Å²) < 4.78 is 38.1. The van der Waals surface area contributed by atoms with E-state index in [0.29, 0.717) is 0 Å². The van der Waals surface area contributed by atoms with Crippen molar-refractivity contribution in [3.05, 3.63) is 65.9 Å². The minimum Gasteiger partial charge on any atom is -0.361 e. The number of para-hydroxylation sites is 1. The zero-order valence-electron chi connectivity index (χ0n) is 17.0. The number of aromatic amines is 1. The van der Waals surface area contributed by atoms with E-state index in [2.05, 4.69) is 15.6 Å². The Morgan fingerprint density at radius 1 is 1.16 bits per heavy atom. The Bertz CT molecular complexity index is 1150. The Labute approximate surface area is 181 Å². The third-order valence-electron chi connectivity index (χ3n) is 4.88. The van der Waals surface area contributed by atoms with Crippen molar-refractivity contribution >= 4 is 28.5 Å². The molecule has 1 heterocycles. The number of nitrogens with one attached hydrogen (secondary N) is 3. The summed E-state index contributed by atoms with van der Waals surface area (Å²) in [5.74, 6) is -0.595. The van der Waals surface area contributed by atoms with Crippen molar-refractivity contribution in [2.24, 2.45) is 0 Å². The molecule has 0 saturated carbocycles. The van der Waals surface area contributed by atoms with Crippen LogP contribution >= 0.6 is 0 Å². The molecule has 0 bridgehead atoms. The largest absolute Gasteiger partial charge is 0.416 e. The fourth-order valence-electron chi connectivity index (χ4n) is 3.25. The molecular formula is C22H20F3N5O2. The highest BCUT2D eigenvalue weighted by atomic mass is 19.4. The molecule has 10 heteroatoms. The molecule has 1 unspecified atom stereocenters. The van der Waals surface area contributed by atoms with Gasteiger partial charge in [0.1, 0.15) is 6.04 Å². The van der Waals surface area contributed by atoms with Crippen molar-refractivity contribution in [1.29, 1.82) is 5.26 Å². The molecule has 1 aromatic heterocycles. The number of nitriles is 1. The third-order valence-corrected chi connectivity index (χ3v) is 4.88. The highest BCUT2D eigenvalue weighted by Crippen LogP contribution is 2.29. The normalized spacial score (nSPS) is 12.1. The molecule has 3 N–H and O–H groups in total. The lowest BCUT2D eigenvalue weighted by atomic mass is 10.0. The summed E-state index contributed by atoms with van der Waals surface area (Å²) in [5, 5.41) is 15.1. The van der Waals surface area contributed by atoms with Crippen LogP contribution in [0.4, 0.5) is 23.7 Å². The highest BCUT2D eigenvalue weighted by molar-refractivity contribution is 5.94. The van der Waals surface area contributed by atoms with Crippen molar-refractivity contribution in [2.45, 2.75) is 25.6 Å². The van der Waals surface area contributed by atoms with Crippen LogP contribution in [0, 0.1) is 11.5 Å². The van der Waals surface area contributed by atoms with Gasteiger partial charge < -0.3 is 15.6 Å². The van der Waals surface area contributed by atoms with Gasteiger partial charge in [0.15, 0.2) is 6.19 Å². The Balaban J connectivity index is 1.78. The molecule has 3 rings (SSSR count). The fourth-order valence-corrected chi connectivity index (χ4v) is 3.25. The van der Waals surface area contributed by atoms with Crippen molar-refractivity contribution in [3.8, 4) is 6.19 Å². The summed E-state index contributed by atoms with van der Waals surface area (Å²) in [6.07, 6.45) is -0.860. The van der Waals surface area contributed by atoms with E-state index in [9.17, 15) is 28.0 Å². The van der Waals surface area contributed by atoms with Gasteiger partial charge in [-0.2, -0.15) is 18.4 Å². The third kappa shape index (κ3) is 5.18. The first-order valence-corrected chi connectivity index (χ1v) is 9.73. The lowest BCUT2D eigenvalue weighted by Gasteiger charge is -2.22. The maximum absolute atomic E-state index is 12.8. The topological polar surface area (TPSA) is 101 Å². The predicted molar refractivity (Wildman–Crippen MR) is 112 cm³/mol. The molecular weight excluding hydrogens is 423 g/mol. The Hall–Kier alpha value is -4.00. The monoisotopic (exact) mass is 443 g/mol. The van der Waals surface area contributed by atoms with Crippen molar-refractivity contribution in [2.75, 3.05) is 11.9 Å². The van der Waals surface area contributed by atoms with E-state index in [1.54, 1.807) is 19.3 Å². The number of urea groups is 1. The van der Waals surface area contributed by atoms with E-state index in [-0.39, 0.29) is 18.7 Å². The first kappa shape index (κ1) is 22.7. The van der Waals surface area contributed by atoms with Gasteiger partial charge in [-0.3, -0.25) is 4.79 Å². The maximum Gasteiger partial charge on any atom is 0.416 e. The maximum atomic E-state index is 12.8. The number of H-pyrrole nitrogens is 1. The molecule has 0 aliphatic heterocycles. The summed E-state index contributed by atoms with van der Waals surface area (Å²) >= 11 is 0. The van der Waals surface area contributed by atoms with E-state index in [1.165, 1.54) is 0 Å². The molecule has 7 nitrogen and oxygen atoms in total. The number of hydrogen-bond donors (Lipinski definition) is 3. The Morgan fingerprint density at radius 3 is 2.47 bits per heavy atom. The molecule has 3 aromatic rings. The average Bonchev–Trinajstić information content (AvgIpc) is 3.16. The summed E-state index contributed by atoms with van der Waals surface area (Å²) in [5.41, 5.74) is 0.906. The summed E-state index contributed by atoms with van der Waals surface area (Å²) in [7, 11) is 0. The van der Waals surface area contributed by atoms with Crippen LogP contribution in [0.5, 0.6) is 0 Å². The lowest BCUT2D eigenvalue weighted by molar-refractivity contribution is -0.137. The molecule has 1 atom stereocenters. The number of likely N-dealkylation sites (N-methyl/N-ethyl adjacent to an activating group) is 1. The van der Waals surface area contributed by atoms with Gasteiger partial charge >= 0.3 is 12.2 Å². The van der Waals surface area contributed by atoms with Gasteiger partial charge in [0.2, 0.25) is 0 Å². The fraction of sp³-hybridized carbons (Fsp3) is 0.227. The van der Waals surface area contributed by atoms with Gasteiger partial charge in [0.25, 0.3) is 5.91 Å². The van der Waals surface area contributed by atoms with Crippen LogP contribution < -0.4 is 10.6 Å². The number of benzene rings is 2. The highest BCUT2D eigenvalue weighted by Gasteiger charge is 2.30. The standard InChI is InChI=1S/C22H20F3N5O2/c1-2-30(13-26)20(31)19(11-14-12-27-18-6-4-3-5-17(14)18)29-21(32)28-16-9-7-15(8-10-16)22(23,24)25/h3-10,12,19,27H,2,11H2,1H3,(H2,28,29,32). The molecule has 0 aliphatic rings. The van der Waals surface area contributed by atoms with Gasteiger partial charge in [-0.05, 0) is 42.8 Å². The van der Waals surface area contributed by atoms with E-state index in [0.717, 1.165) is 45.6 Å². The van der Waals surface area contributed by atoms with Crippen molar-refractivity contribution in [3.63, 3.8) is 0 Å². The molecule has 32 heavy (non-hydrogen) atoms. The Kier molecular flexibility index (Phi) is 6.68. The number of hydrogen-bond acceptors (Lipinski definition) is 3. The molecule has 0 fully saturated rings. The SMILES string of the molecule is CCN(C#N)C(=O)C(Cc1c[nH]c2ccccc12)NC(=O)Nc1ccc(C(F)(F)F)cc1. The molecule has 0 aliphatic carbocycles. The number of rotatable bonds is 6. The first-order chi connectivity index (χ1) is 15.2. The number of halogens is 3. The first-order valence-electron chi connectivity index (χ1n) is 9.73. The van der Waals surface area contributed by atoms with Gasteiger partial charge in [-0.1, -0.05) is 18.2 Å². The predicted octanol–water partition coefficient (Wildman–Crippen LogP) is 4.25. The molecule has 166 valence electrons. The number of carbonyl (C=O) groups excluding carboxylic acids is 2. The van der Waals surface area contributed by atoms with Gasteiger partial charge in [-0.15, -0.1) is 0 Å². The van der Waals surface area contributed by atoms with Gasteiger partial charge in [0, 0.05) is 35.8 Å². The number of nitrogens with zero attached hydrogens (tertiary/aromatic N) is 2. The Morgan fingerprint density at radius 2 is 1.84 bits per heavy atom. The number of aromatic nitrogens is 1. The second-order valence-corrected chi connectivity index (χ2v) is 6.97. The molecule has 0 radical (unpaired) electrons. The van der Waals surface area contributed by atoms with E-state index in [4.69, 9.17) is 0 Å². The second-order valence-electron chi connectivity index (χ2n) is 6.97. The van der Waals surface area contributed by atoms with Crippen LogP contribution in [0.25, 0.3) is 10.9 Å². The molecule has 3 amide bonds. The van der Waals surface area contributed by atoms with E-state index >= 15 is 0 Å². The second kappa shape index (κ2) is 9.43. The van der Waals surface area contributed by atoms with Crippen LogP contribution in [-0.4, -0.2) is 34.4 Å². The number of amides is 3. The molecule has 2 aromatic carbocycles. The minimum atomic E-state index is -4.49. The number of alkyl halides is 3. The summed E-state index contributed by atoms with van der Waals surface area (Å²) in [6.45, 7) is 1.76. The quantitative estimate of drug-likeness (QED) is 0.392. The van der Waals surface area contributed by atoms with Gasteiger partial charge in [-0.25, -0.2) is 9.69 Å². The smallest absolute Gasteiger partial charge is 0.361 e. The van der Waals surface area contributed by atoms with E-state index in [1.807, 2.05) is 24.3 Å². The van der Waals surface area contributed by atoms with Crippen molar-refractivity contribution in [1.82, 2.24) is 15.2 Å².